The van der Waals surface area contributed by atoms with Crippen molar-refractivity contribution in [3.8, 4) is 0 Å². The molecule has 0 saturated heterocycles. The summed E-state index contributed by atoms with van der Waals surface area (Å²) in [7, 11) is 3.87. The van der Waals surface area contributed by atoms with Gasteiger partial charge < -0.3 is 15.1 Å². The van der Waals surface area contributed by atoms with Gasteiger partial charge in [0.25, 0.3) is 11.8 Å². The second-order valence-corrected chi connectivity index (χ2v) is 9.12. The summed E-state index contributed by atoms with van der Waals surface area (Å²) in [6, 6.07) is 19.0. The van der Waals surface area contributed by atoms with Crippen molar-refractivity contribution in [1.82, 2.24) is 4.90 Å². The standard InChI is InChI=1S/C28H32FN3O2/c1-19(2)17-32(28(34)21-10-8-9-20(3)15-21)18-22-16-23(13-14-26(22)31(4)5)30-27(33)24-11-6-7-12-25(24)29/h6-16,19H,17-18H2,1-5H3,(H,30,33). The van der Waals surface area contributed by atoms with E-state index in [4.69, 9.17) is 0 Å². The lowest BCUT2D eigenvalue weighted by atomic mass is 10.1. The largest absolute Gasteiger partial charge is 0.377 e. The molecule has 0 unspecified atom stereocenters. The number of benzene rings is 3. The third-order valence-corrected chi connectivity index (χ3v) is 5.44. The Labute approximate surface area is 201 Å². The molecule has 1 N–H and O–H groups in total. The van der Waals surface area contributed by atoms with Crippen LogP contribution in [0.2, 0.25) is 0 Å². The number of halogens is 1. The van der Waals surface area contributed by atoms with Crippen LogP contribution in [0.15, 0.2) is 66.7 Å². The number of hydrogen-bond acceptors (Lipinski definition) is 3. The lowest BCUT2D eigenvalue weighted by Gasteiger charge is -2.28. The molecule has 0 radical (unpaired) electrons. The average Bonchev–Trinajstić information content (AvgIpc) is 2.78. The summed E-state index contributed by atoms with van der Waals surface area (Å²) < 4.78 is 14.1. The van der Waals surface area contributed by atoms with Gasteiger partial charge in [0, 0.05) is 44.1 Å². The Balaban J connectivity index is 1.92. The molecule has 3 aromatic carbocycles. The van der Waals surface area contributed by atoms with Gasteiger partial charge in [-0.25, -0.2) is 4.39 Å². The molecule has 34 heavy (non-hydrogen) atoms. The van der Waals surface area contributed by atoms with Gasteiger partial charge in [-0.05, 0) is 60.9 Å². The van der Waals surface area contributed by atoms with Crippen molar-refractivity contribution in [2.45, 2.75) is 27.3 Å². The van der Waals surface area contributed by atoms with Crippen LogP contribution in [0, 0.1) is 18.7 Å². The molecule has 0 aromatic heterocycles. The van der Waals surface area contributed by atoms with E-state index >= 15 is 0 Å². The zero-order valence-electron chi connectivity index (χ0n) is 20.4. The zero-order chi connectivity index (χ0) is 24.8. The smallest absolute Gasteiger partial charge is 0.258 e. The number of carbonyl (C=O) groups excluding carboxylic acids is 2. The number of nitrogens with one attached hydrogen (secondary N) is 1. The molecule has 0 fully saturated rings. The highest BCUT2D eigenvalue weighted by atomic mass is 19.1. The maximum atomic E-state index is 14.1. The molecule has 0 heterocycles. The van der Waals surface area contributed by atoms with E-state index in [0.29, 0.717) is 24.3 Å². The van der Waals surface area contributed by atoms with Gasteiger partial charge in [0.15, 0.2) is 0 Å². The van der Waals surface area contributed by atoms with Crippen molar-refractivity contribution in [3.63, 3.8) is 0 Å². The highest BCUT2D eigenvalue weighted by Crippen LogP contribution is 2.26. The summed E-state index contributed by atoms with van der Waals surface area (Å²) >= 11 is 0. The van der Waals surface area contributed by atoms with Gasteiger partial charge in [-0.3, -0.25) is 9.59 Å². The molecule has 3 rings (SSSR count). The normalized spacial score (nSPS) is 10.8. The Morgan fingerprint density at radius 2 is 1.71 bits per heavy atom. The van der Waals surface area contributed by atoms with Gasteiger partial charge in [0.1, 0.15) is 5.82 Å². The first-order valence-electron chi connectivity index (χ1n) is 11.4. The number of hydrogen-bond donors (Lipinski definition) is 1. The minimum Gasteiger partial charge on any atom is -0.377 e. The van der Waals surface area contributed by atoms with Gasteiger partial charge >= 0.3 is 0 Å². The lowest BCUT2D eigenvalue weighted by Crippen LogP contribution is -2.34. The molecule has 0 aliphatic heterocycles. The SMILES string of the molecule is Cc1cccc(C(=O)N(Cc2cc(NC(=O)c3ccccc3F)ccc2N(C)C)CC(C)C)c1. The van der Waals surface area contributed by atoms with Crippen LogP contribution in [0.4, 0.5) is 15.8 Å². The zero-order valence-corrected chi connectivity index (χ0v) is 20.4. The maximum Gasteiger partial charge on any atom is 0.258 e. The first kappa shape index (κ1) is 25.0. The quantitative estimate of drug-likeness (QED) is 0.465. The van der Waals surface area contributed by atoms with E-state index in [1.54, 1.807) is 18.2 Å². The van der Waals surface area contributed by atoms with Crippen molar-refractivity contribution in [1.29, 1.82) is 0 Å². The first-order chi connectivity index (χ1) is 16.2. The van der Waals surface area contributed by atoms with Gasteiger partial charge in [-0.15, -0.1) is 0 Å². The molecular formula is C28H32FN3O2. The molecule has 0 atom stereocenters. The molecule has 2 amide bonds. The lowest BCUT2D eigenvalue weighted by molar-refractivity contribution is 0.0722. The third-order valence-electron chi connectivity index (χ3n) is 5.44. The number of nitrogens with zero attached hydrogens (tertiary/aromatic N) is 2. The fourth-order valence-corrected chi connectivity index (χ4v) is 3.90. The molecule has 0 saturated carbocycles. The second kappa shape index (κ2) is 11.0. The molecule has 0 aliphatic rings. The Kier molecular flexibility index (Phi) is 8.05. The molecule has 0 bridgehead atoms. The average molecular weight is 462 g/mol. The van der Waals surface area contributed by atoms with E-state index in [2.05, 4.69) is 19.2 Å². The predicted molar refractivity (Wildman–Crippen MR) is 136 cm³/mol. The van der Waals surface area contributed by atoms with Gasteiger partial charge in [-0.1, -0.05) is 43.7 Å². The van der Waals surface area contributed by atoms with Crippen molar-refractivity contribution < 1.29 is 14.0 Å². The first-order valence-corrected chi connectivity index (χ1v) is 11.4. The van der Waals surface area contributed by atoms with Gasteiger partial charge in [0.2, 0.25) is 0 Å². The number of carbonyl (C=O) groups is 2. The number of aryl methyl sites for hydroxylation is 1. The van der Waals surface area contributed by atoms with Gasteiger partial charge in [-0.2, -0.15) is 0 Å². The monoisotopic (exact) mass is 461 g/mol. The number of anilines is 2. The van der Waals surface area contributed by atoms with Crippen LogP contribution in [0.25, 0.3) is 0 Å². The molecule has 178 valence electrons. The Morgan fingerprint density at radius 3 is 2.35 bits per heavy atom. The molecule has 6 heteroatoms. The molecular weight excluding hydrogens is 429 g/mol. The van der Waals surface area contributed by atoms with Gasteiger partial charge in [0.05, 0.1) is 5.56 Å². The Hall–Kier alpha value is -3.67. The summed E-state index contributed by atoms with van der Waals surface area (Å²) in [5, 5.41) is 2.79. The van der Waals surface area contributed by atoms with E-state index in [-0.39, 0.29) is 17.4 Å². The topological polar surface area (TPSA) is 52.7 Å². The number of rotatable bonds is 8. The van der Waals surface area contributed by atoms with E-state index in [1.165, 1.54) is 12.1 Å². The summed E-state index contributed by atoms with van der Waals surface area (Å²) in [5.74, 6) is -0.850. The van der Waals surface area contributed by atoms with Crippen LogP contribution in [-0.4, -0.2) is 37.4 Å². The van der Waals surface area contributed by atoms with E-state index in [9.17, 15) is 14.0 Å². The fraction of sp³-hybridized carbons (Fsp3) is 0.286. The molecule has 5 nitrogen and oxygen atoms in total. The van der Waals surface area contributed by atoms with Crippen LogP contribution in [0.1, 0.15) is 45.7 Å². The van der Waals surface area contributed by atoms with E-state index < -0.39 is 11.7 Å². The molecule has 0 aliphatic carbocycles. The van der Waals surface area contributed by atoms with Crippen molar-refractivity contribution in [2.75, 3.05) is 30.9 Å². The minimum atomic E-state index is -0.572. The van der Waals surface area contributed by atoms with Crippen LogP contribution in [-0.2, 0) is 6.54 Å². The third kappa shape index (κ3) is 6.22. The van der Waals surface area contributed by atoms with Crippen LogP contribution in [0.5, 0.6) is 0 Å². The Morgan fingerprint density at radius 1 is 0.971 bits per heavy atom. The van der Waals surface area contributed by atoms with Crippen LogP contribution in [0.3, 0.4) is 0 Å². The van der Waals surface area contributed by atoms with Crippen molar-refractivity contribution >= 4 is 23.2 Å². The van der Waals surface area contributed by atoms with E-state index in [1.807, 2.05) is 67.2 Å². The predicted octanol–water partition coefficient (Wildman–Crippen LogP) is 5.75. The Bertz CT molecular complexity index is 1170. The maximum absolute atomic E-state index is 14.1. The fourth-order valence-electron chi connectivity index (χ4n) is 3.90. The summed E-state index contributed by atoms with van der Waals surface area (Å²) in [5.41, 5.74) is 4.03. The number of amides is 2. The highest BCUT2D eigenvalue weighted by molar-refractivity contribution is 6.04. The second-order valence-electron chi connectivity index (χ2n) is 9.12. The van der Waals surface area contributed by atoms with Crippen molar-refractivity contribution in [3.05, 3.63) is 94.8 Å². The molecule has 3 aromatic rings. The summed E-state index contributed by atoms with van der Waals surface area (Å²) in [4.78, 5) is 29.8. The van der Waals surface area contributed by atoms with Crippen LogP contribution < -0.4 is 10.2 Å². The van der Waals surface area contributed by atoms with Crippen molar-refractivity contribution in [2.24, 2.45) is 5.92 Å². The highest BCUT2D eigenvalue weighted by Gasteiger charge is 2.20. The van der Waals surface area contributed by atoms with E-state index in [0.717, 1.165) is 16.8 Å². The molecule has 0 spiro atoms. The summed E-state index contributed by atoms with van der Waals surface area (Å²) in [6.07, 6.45) is 0. The van der Waals surface area contributed by atoms with Crippen LogP contribution >= 0.6 is 0 Å². The summed E-state index contributed by atoms with van der Waals surface area (Å²) in [6.45, 7) is 7.09. The minimum absolute atomic E-state index is 0.0169.